The van der Waals surface area contributed by atoms with E-state index in [1.807, 2.05) is 12.5 Å². The smallest absolute Gasteiger partial charge is 0.342 e. The molecule has 0 saturated heterocycles. The molecule has 0 amide bonds. The maximum atomic E-state index is 11.3. The van der Waals surface area contributed by atoms with Crippen molar-refractivity contribution >= 4 is 52.7 Å². The summed E-state index contributed by atoms with van der Waals surface area (Å²) < 4.78 is 4.77. The Morgan fingerprint density at radius 3 is 2.00 bits per heavy atom. The van der Waals surface area contributed by atoms with Crippen molar-refractivity contribution in [3.63, 3.8) is 0 Å². The molecule has 0 radical (unpaired) electrons. The van der Waals surface area contributed by atoms with E-state index in [0.29, 0.717) is 27.6 Å². The third kappa shape index (κ3) is 9.07. The summed E-state index contributed by atoms with van der Waals surface area (Å²) in [4.78, 5) is 27.0. The Morgan fingerprint density at radius 2 is 1.59 bits per heavy atom. The van der Waals surface area contributed by atoms with Crippen LogP contribution < -0.4 is 0 Å². The molecule has 0 spiro atoms. The fourth-order valence-electron chi connectivity index (χ4n) is 1.37. The van der Waals surface area contributed by atoms with E-state index in [0.717, 1.165) is 0 Å². The van der Waals surface area contributed by atoms with Crippen LogP contribution in [-0.4, -0.2) is 50.1 Å². The Labute approximate surface area is 178 Å². The second-order valence-electron chi connectivity index (χ2n) is 4.11. The minimum atomic E-state index is -0.495. The number of halogens is 2. The molecule has 2 heterocycles. The van der Waals surface area contributed by atoms with Crippen LogP contribution in [-0.2, 0) is 11.3 Å². The molecule has 0 saturated carbocycles. The van der Waals surface area contributed by atoms with E-state index in [9.17, 15) is 4.79 Å². The fourth-order valence-corrected chi connectivity index (χ4v) is 2.54. The molecule has 0 aliphatic heterocycles. The van der Waals surface area contributed by atoms with Crippen LogP contribution in [0.1, 0.15) is 37.7 Å². The van der Waals surface area contributed by atoms with Crippen molar-refractivity contribution in [3.05, 3.63) is 33.8 Å². The molecule has 0 bridgehead atoms. The molecule has 7 nitrogen and oxygen atoms in total. The number of hydrogen-bond acceptors (Lipinski definition) is 9. The van der Waals surface area contributed by atoms with Crippen LogP contribution in [0.4, 0.5) is 0 Å². The van der Waals surface area contributed by atoms with Gasteiger partial charge in [0.05, 0.1) is 13.2 Å². The minimum Gasteiger partial charge on any atom is -0.462 e. The molecular weight excluding hydrogens is 431 g/mol. The van der Waals surface area contributed by atoms with E-state index in [1.54, 1.807) is 6.92 Å². The van der Waals surface area contributed by atoms with Crippen LogP contribution in [0, 0.1) is 0 Å². The Kier molecular flexibility index (Phi) is 15.5. The molecule has 152 valence electrons. The van der Waals surface area contributed by atoms with Gasteiger partial charge in [0.15, 0.2) is 10.3 Å². The molecule has 2 aromatic rings. The first-order valence-electron chi connectivity index (χ1n) is 6.86. The van der Waals surface area contributed by atoms with Gasteiger partial charge in [-0.05, 0) is 19.4 Å². The summed E-state index contributed by atoms with van der Waals surface area (Å²) in [6.07, 6.45) is 6.60. The van der Waals surface area contributed by atoms with Gasteiger partial charge in [0.2, 0.25) is 0 Å². The minimum absolute atomic E-state index is 0. The van der Waals surface area contributed by atoms with Crippen LogP contribution in [0.3, 0.4) is 0 Å². The zero-order valence-electron chi connectivity index (χ0n) is 13.7. The number of carbonyl (C=O) groups is 1. The molecule has 2 rings (SSSR count). The first kappa shape index (κ1) is 28.1. The molecule has 0 aliphatic carbocycles. The normalized spacial score (nSPS) is 9.26. The van der Waals surface area contributed by atoms with Crippen LogP contribution in [0.25, 0.3) is 0 Å². The molecule has 2 aromatic heterocycles. The zero-order chi connectivity index (χ0) is 18.8. The average Bonchev–Trinajstić information content (AvgIpc) is 2.62. The van der Waals surface area contributed by atoms with Gasteiger partial charge < -0.3 is 9.84 Å². The number of aliphatic hydroxyl groups excluding tert-OH is 1. The van der Waals surface area contributed by atoms with Crippen molar-refractivity contribution in [2.75, 3.05) is 19.1 Å². The lowest BCUT2D eigenvalue weighted by molar-refractivity contribution is 0.0525. The van der Waals surface area contributed by atoms with Gasteiger partial charge in [0, 0.05) is 18.0 Å². The highest BCUT2D eigenvalue weighted by Gasteiger charge is 2.13. The lowest BCUT2D eigenvalue weighted by atomic mass is 10.3. The van der Waals surface area contributed by atoms with Crippen LogP contribution >= 0.6 is 46.7 Å². The highest BCUT2D eigenvalue weighted by atomic mass is 35.5. The van der Waals surface area contributed by atoms with Gasteiger partial charge in [-0.15, -0.1) is 0 Å². The number of ether oxygens (including phenoxy) is 1. The molecule has 1 N–H and O–H groups in total. The number of aliphatic hydroxyl groups is 1. The summed E-state index contributed by atoms with van der Waals surface area (Å²) in [5.74, 6) is -0.495. The topological polar surface area (TPSA) is 98.1 Å². The summed E-state index contributed by atoms with van der Waals surface area (Å²) in [6, 6.07) is 0. The van der Waals surface area contributed by atoms with Crippen molar-refractivity contribution in [1.82, 2.24) is 19.9 Å². The molecule has 0 aromatic carbocycles. The summed E-state index contributed by atoms with van der Waals surface area (Å²) in [5.41, 5.74) is 0.760. The Hall–Kier alpha value is -1.13. The maximum Gasteiger partial charge on any atom is 0.342 e. The van der Waals surface area contributed by atoms with Gasteiger partial charge in [-0.1, -0.05) is 61.6 Å². The average molecular weight is 455 g/mol. The molecular formula is C16H24Cl2N4O3S2. The fraction of sp³-hybridized carbons (Fsp3) is 0.438. The summed E-state index contributed by atoms with van der Waals surface area (Å²) in [6.45, 7) is 1.91. The number of thioether (sulfide) groups is 2. The van der Waals surface area contributed by atoms with E-state index in [2.05, 4.69) is 19.9 Å². The predicted octanol–water partition coefficient (Wildman–Crippen LogP) is 4.65. The zero-order valence-corrected chi connectivity index (χ0v) is 16.8. The van der Waals surface area contributed by atoms with Crippen molar-refractivity contribution in [2.24, 2.45) is 0 Å². The quantitative estimate of drug-likeness (QED) is 0.299. The Morgan fingerprint density at radius 1 is 1.07 bits per heavy atom. The summed E-state index contributed by atoms with van der Waals surface area (Å²) >= 11 is 14.2. The van der Waals surface area contributed by atoms with Gasteiger partial charge in [-0.25, -0.2) is 24.7 Å². The van der Waals surface area contributed by atoms with Crippen molar-refractivity contribution in [3.8, 4) is 0 Å². The van der Waals surface area contributed by atoms with Crippen molar-refractivity contribution in [1.29, 1.82) is 0 Å². The third-order valence-electron chi connectivity index (χ3n) is 2.54. The summed E-state index contributed by atoms with van der Waals surface area (Å²) in [5, 5.41) is 10.3. The number of esters is 1. The number of carbonyl (C=O) groups excluding carboxylic acids is 1. The molecule has 0 unspecified atom stereocenters. The van der Waals surface area contributed by atoms with E-state index >= 15 is 0 Å². The molecule has 11 heteroatoms. The van der Waals surface area contributed by atoms with Crippen LogP contribution in [0.5, 0.6) is 0 Å². The molecule has 0 atom stereocenters. The second-order valence-corrected chi connectivity index (χ2v) is 6.38. The molecule has 27 heavy (non-hydrogen) atoms. The molecule has 0 aliphatic rings. The summed E-state index contributed by atoms with van der Waals surface area (Å²) in [7, 11) is 0. The Bertz CT molecular complexity index is 724. The number of nitrogens with zero attached hydrogens (tertiary/aromatic N) is 4. The van der Waals surface area contributed by atoms with E-state index in [-0.39, 0.29) is 32.2 Å². The lowest BCUT2D eigenvalue weighted by Crippen LogP contribution is -2.07. The highest BCUT2D eigenvalue weighted by molar-refractivity contribution is 7.98. The number of aromatic nitrogens is 4. The number of rotatable bonds is 5. The monoisotopic (exact) mass is 454 g/mol. The van der Waals surface area contributed by atoms with Crippen LogP contribution in [0.2, 0.25) is 10.3 Å². The second kappa shape index (κ2) is 14.9. The van der Waals surface area contributed by atoms with Crippen LogP contribution in [0.15, 0.2) is 22.7 Å². The lowest BCUT2D eigenvalue weighted by Gasteiger charge is -2.03. The van der Waals surface area contributed by atoms with Gasteiger partial charge in [-0.2, -0.15) is 0 Å². The Balaban J connectivity index is 0. The van der Waals surface area contributed by atoms with Gasteiger partial charge >= 0.3 is 5.97 Å². The first-order chi connectivity index (χ1) is 12.0. The predicted molar refractivity (Wildman–Crippen MR) is 113 cm³/mol. The SMILES string of the molecule is C.C.CCOC(=O)c1cnc(SC)nc1Cl.CSc1ncc(CO)c(Cl)n1. The van der Waals surface area contributed by atoms with E-state index in [1.165, 1.54) is 35.9 Å². The van der Waals surface area contributed by atoms with E-state index < -0.39 is 5.97 Å². The largest absolute Gasteiger partial charge is 0.462 e. The standard InChI is InChI=1S/C8H9ClN2O2S.C6H7ClN2OS.2CH4/c1-3-13-7(12)5-4-10-8(14-2)11-6(5)9;1-11-6-8-2-4(3-10)5(7)9-6;;/h4H,3H2,1-2H3;2,10H,3H2,1H3;2*1H4. The van der Waals surface area contributed by atoms with Gasteiger partial charge in [-0.3, -0.25) is 0 Å². The third-order valence-corrected chi connectivity index (χ3v) is 4.28. The van der Waals surface area contributed by atoms with Gasteiger partial charge in [0.1, 0.15) is 15.9 Å². The maximum absolute atomic E-state index is 11.3. The highest BCUT2D eigenvalue weighted by Crippen LogP contribution is 2.17. The first-order valence-corrected chi connectivity index (χ1v) is 10.1. The van der Waals surface area contributed by atoms with Gasteiger partial charge in [0.25, 0.3) is 0 Å². The van der Waals surface area contributed by atoms with Crippen molar-refractivity contribution < 1.29 is 14.6 Å². The number of hydrogen-bond donors (Lipinski definition) is 1. The van der Waals surface area contributed by atoms with Crippen molar-refractivity contribution in [2.45, 2.75) is 38.7 Å². The molecule has 0 fully saturated rings. The van der Waals surface area contributed by atoms with E-state index in [4.69, 9.17) is 33.0 Å².